The summed E-state index contributed by atoms with van der Waals surface area (Å²) in [5.41, 5.74) is 2.25. The van der Waals surface area contributed by atoms with E-state index in [1.807, 2.05) is 0 Å². The van der Waals surface area contributed by atoms with E-state index >= 15 is 0 Å². The Morgan fingerprint density at radius 2 is 1.95 bits per heavy atom. The summed E-state index contributed by atoms with van der Waals surface area (Å²) in [6.07, 6.45) is -1.30. The molecule has 1 fully saturated rings. The van der Waals surface area contributed by atoms with Crippen molar-refractivity contribution in [2.24, 2.45) is 11.3 Å². The molecule has 1 aliphatic rings. The van der Waals surface area contributed by atoms with Crippen LogP contribution in [0, 0.1) is 5.41 Å². The van der Waals surface area contributed by atoms with Gasteiger partial charge in [-0.3, -0.25) is 0 Å². The van der Waals surface area contributed by atoms with Crippen LogP contribution in [0.4, 0.5) is 24.8 Å². The SMILES string of the molecule is CC1(CNc2cc(NN)nc(C(F)(F)F)n2)CCC1. The lowest BCUT2D eigenvalue weighted by Gasteiger charge is -2.38. The van der Waals surface area contributed by atoms with Crippen molar-refractivity contribution in [1.29, 1.82) is 0 Å². The number of nitrogens with one attached hydrogen (secondary N) is 2. The van der Waals surface area contributed by atoms with E-state index in [4.69, 9.17) is 5.84 Å². The number of anilines is 2. The topological polar surface area (TPSA) is 75.9 Å². The van der Waals surface area contributed by atoms with Crippen LogP contribution in [0.5, 0.6) is 0 Å². The fourth-order valence-electron chi connectivity index (χ4n) is 2.00. The number of hydrogen-bond acceptors (Lipinski definition) is 5. The van der Waals surface area contributed by atoms with Crippen molar-refractivity contribution in [3.05, 3.63) is 11.9 Å². The number of halogens is 3. The van der Waals surface area contributed by atoms with Crippen LogP contribution in [-0.4, -0.2) is 16.5 Å². The first-order valence-corrected chi connectivity index (χ1v) is 5.99. The predicted octanol–water partition coefficient (Wildman–Crippen LogP) is 2.38. The monoisotopic (exact) mass is 275 g/mol. The highest BCUT2D eigenvalue weighted by atomic mass is 19.4. The van der Waals surface area contributed by atoms with Crippen LogP contribution in [0.3, 0.4) is 0 Å². The second-order valence-corrected chi connectivity index (χ2v) is 5.12. The van der Waals surface area contributed by atoms with Gasteiger partial charge in [0.2, 0.25) is 5.82 Å². The second kappa shape index (κ2) is 4.84. The maximum atomic E-state index is 12.6. The van der Waals surface area contributed by atoms with Crippen LogP contribution in [0.2, 0.25) is 0 Å². The Balaban J connectivity index is 2.15. The zero-order valence-corrected chi connectivity index (χ0v) is 10.5. The normalized spacial score (nSPS) is 17.7. The minimum Gasteiger partial charge on any atom is -0.369 e. The van der Waals surface area contributed by atoms with Gasteiger partial charge in [0.05, 0.1) is 0 Å². The van der Waals surface area contributed by atoms with Crippen molar-refractivity contribution in [3.8, 4) is 0 Å². The van der Waals surface area contributed by atoms with E-state index < -0.39 is 12.0 Å². The van der Waals surface area contributed by atoms with Gasteiger partial charge in [-0.2, -0.15) is 13.2 Å². The molecule has 1 aromatic rings. The van der Waals surface area contributed by atoms with E-state index in [-0.39, 0.29) is 17.1 Å². The van der Waals surface area contributed by atoms with E-state index in [0.717, 1.165) is 19.3 Å². The van der Waals surface area contributed by atoms with Gasteiger partial charge < -0.3 is 10.7 Å². The molecular weight excluding hydrogens is 259 g/mol. The molecule has 0 spiro atoms. The number of nitrogens with two attached hydrogens (primary N) is 1. The molecule has 2 rings (SSSR count). The molecule has 106 valence electrons. The Hall–Kier alpha value is -1.57. The molecule has 0 aromatic carbocycles. The lowest BCUT2D eigenvalue weighted by Crippen LogP contribution is -2.33. The van der Waals surface area contributed by atoms with Gasteiger partial charge in [-0.25, -0.2) is 15.8 Å². The summed E-state index contributed by atoms with van der Waals surface area (Å²) in [4.78, 5) is 6.76. The Kier molecular flexibility index (Phi) is 3.53. The van der Waals surface area contributed by atoms with E-state index in [0.29, 0.717) is 6.54 Å². The molecule has 0 saturated heterocycles. The van der Waals surface area contributed by atoms with E-state index in [1.54, 1.807) is 0 Å². The van der Waals surface area contributed by atoms with Gasteiger partial charge in [-0.15, -0.1) is 0 Å². The van der Waals surface area contributed by atoms with Crippen molar-refractivity contribution in [1.82, 2.24) is 9.97 Å². The van der Waals surface area contributed by atoms with Crippen LogP contribution in [-0.2, 0) is 6.18 Å². The van der Waals surface area contributed by atoms with Crippen LogP contribution in [0.25, 0.3) is 0 Å². The van der Waals surface area contributed by atoms with Gasteiger partial charge in [0, 0.05) is 12.6 Å². The molecule has 1 saturated carbocycles. The van der Waals surface area contributed by atoms with Crippen LogP contribution in [0.1, 0.15) is 32.0 Å². The first-order chi connectivity index (χ1) is 8.82. The Bertz CT molecular complexity index is 456. The standard InChI is InChI=1S/C11H16F3N5/c1-10(3-2-4-10)6-16-7-5-8(19-15)18-9(17-7)11(12,13)14/h5H,2-4,6,15H2,1H3,(H2,16,17,18,19). The van der Waals surface area contributed by atoms with E-state index in [2.05, 4.69) is 27.6 Å². The highest BCUT2D eigenvalue weighted by Crippen LogP contribution is 2.40. The molecule has 0 radical (unpaired) electrons. The summed E-state index contributed by atoms with van der Waals surface area (Å²) in [5.74, 6) is 3.97. The largest absolute Gasteiger partial charge is 0.451 e. The molecule has 8 heteroatoms. The van der Waals surface area contributed by atoms with Crippen molar-refractivity contribution >= 4 is 11.6 Å². The van der Waals surface area contributed by atoms with Gasteiger partial charge in [-0.05, 0) is 18.3 Å². The molecule has 1 aliphatic carbocycles. The molecule has 4 N–H and O–H groups in total. The number of nitrogen functional groups attached to an aromatic ring is 1. The molecular formula is C11H16F3N5. The molecule has 1 aromatic heterocycles. The summed E-state index contributed by atoms with van der Waals surface area (Å²) in [6, 6.07) is 1.36. The third-order valence-electron chi connectivity index (χ3n) is 3.38. The van der Waals surface area contributed by atoms with Crippen molar-refractivity contribution in [2.45, 2.75) is 32.4 Å². The first-order valence-electron chi connectivity index (χ1n) is 5.99. The maximum Gasteiger partial charge on any atom is 0.451 e. The third-order valence-corrected chi connectivity index (χ3v) is 3.38. The molecule has 5 nitrogen and oxygen atoms in total. The van der Waals surface area contributed by atoms with E-state index in [9.17, 15) is 13.2 Å². The zero-order valence-electron chi connectivity index (χ0n) is 10.5. The van der Waals surface area contributed by atoms with Gasteiger partial charge in [0.15, 0.2) is 0 Å². The molecule has 0 unspecified atom stereocenters. The molecule has 1 heterocycles. The number of hydrazine groups is 1. The van der Waals surface area contributed by atoms with Crippen molar-refractivity contribution < 1.29 is 13.2 Å². The maximum absolute atomic E-state index is 12.6. The average molecular weight is 275 g/mol. The highest BCUT2D eigenvalue weighted by molar-refractivity contribution is 5.47. The van der Waals surface area contributed by atoms with Crippen molar-refractivity contribution in [2.75, 3.05) is 17.3 Å². The smallest absolute Gasteiger partial charge is 0.369 e. The molecule has 0 amide bonds. The fraction of sp³-hybridized carbons (Fsp3) is 0.636. The fourth-order valence-corrected chi connectivity index (χ4v) is 2.00. The lowest BCUT2D eigenvalue weighted by molar-refractivity contribution is -0.144. The number of rotatable bonds is 4. The summed E-state index contributed by atoms with van der Waals surface area (Å²) in [6.45, 7) is 2.68. The Morgan fingerprint density at radius 1 is 1.32 bits per heavy atom. The van der Waals surface area contributed by atoms with Gasteiger partial charge >= 0.3 is 6.18 Å². The minimum atomic E-state index is -4.59. The summed E-state index contributed by atoms with van der Waals surface area (Å²) in [5, 5.41) is 2.93. The number of aromatic nitrogens is 2. The van der Waals surface area contributed by atoms with Crippen LogP contribution >= 0.6 is 0 Å². The predicted molar refractivity (Wildman–Crippen MR) is 65.3 cm³/mol. The van der Waals surface area contributed by atoms with Gasteiger partial charge in [0.25, 0.3) is 0 Å². The Morgan fingerprint density at radius 3 is 2.42 bits per heavy atom. The number of hydrogen-bond donors (Lipinski definition) is 3. The Labute approximate surface area is 108 Å². The second-order valence-electron chi connectivity index (χ2n) is 5.12. The summed E-state index contributed by atoms with van der Waals surface area (Å²) in [7, 11) is 0. The zero-order chi connectivity index (χ0) is 14.1. The molecule has 19 heavy (non-hydrogen) atoms. The minimum absolute atomic E-state index is 0.0661. The highest BCUT2D eigenvalue weighted by Gasteiger charge is 2.36. The lowest BCUT2D eigenvalue weighted by atomic mass is 9.70. The number of alkyl halides is 3. The quantitative estimate of drug-likeness (QED) is 0.581. The van der Waals surface area contributed by atoms with Crippen LogP contribution in [0.15, 0.2) is 6.07 Å². The van der Waals surface area contributed by atoms with Gasteiger partial charge in [-0.1, -0.05) is 13.3 Å². The van der Waals surface area contributed by atoms with Crippen LogP contribution < -0.4 is 16.6 Å². The first kappa shape index (κ1) is 13.9. The number of nitrogens with zero attached hydrogens (tertiary/aromatic N) is 2. The van der Waals surface area contributed by atoms with Gasteiger partial charge in [0.1, 0.15) is 11.6 Å². The average Bonchev–Trinajstić information content (AvgIpc) is 2.32. The molecule has 0 atom stereocenters. The third kappa shape index (κ3) is 3.25. The molecule has 0 bridgehead atoms. The summed E-state index contributed by atoms with van der Waals surface area (Å²) < 4.78 is 37.8. The molecule has 0 aliphatic heterocycles. The van der Waals surface area contributed by atoms with Crippen molar-refractivity contribution in [3.63, 3.8) is 0 Å². The summed E-state index contributed by atoms with van der Waals surface area (Å²) >= 11 is 0. The van der Waals surface area contributed by atoms with E-state index in [1.165, 1.54) is 6.07 Å².